The molecule has 7 nitrogen and oxygen atoms in total. The maximum absolute atomic E-state index is 12.6. The van der Waals surface area contributed by atoms with Crippen LogP contribution in [0, 0.1) is 10.1 Å². The molecule has 212 valence electrons. The van der Waals surface area contributed by atoms with Crippen molar-refractivity contribution in [1.82, 2.24) is 0 Å². The standard InChI is InChI=1S/C33H33NO6S/c35-34(36)30-32(39-23-27-17-9-3-10-18-27)31(38-22-26-15-7-2-8-16-26)29(24-37-21-25-13-5-1-6-14-25)40-33(30)41-28-19-11-4-12-20-28/h1-20,29-33H,21-24H2/t29-,30-,31+,32-,33-/m1/s1. The number of ether oxygens (including phenoxy) is 4. The SMILES string of the molecule is O=[N+]([O-])[C@@H]1[C@@H](OCc2ccccc2)[C@@H](OCc2ccccc2)[C@@H](COCc2ccccc2)O[C@@H]1Sc1ccccc1. The van der Waals surface area contributed by atoms with Gasteiger partial charge in [-0.1, -0.05) is 121 Å². The first-order chi connectivity index (χ1) is 20.2. The lowest BCUT2D eigenvalue weighted by Crippen LogP contribution is -2.62. The van der Waals surface area contributed by atoms with E-state index < -0.39 is 29.8 Å². The molecule has 4 aromatic rings. The van der Waals surface area contributed by atoms with Crippen LogP contribution in [-0.2, 0) is 38.8 Å². The van der Waals surface area contributed by atoms with Gasteiger partial charge < -0.3 is 18.9 Å². The van der Waals surface area contributed by atoms with Gasteiger partial charge in [0.2, 0.25) is 0 Å². The van der Waals surface area contributed by atoms with Gasteiger partial charge in [0.05, 0.1) is 26.4 Å². The molecule has 0 amide bonds. The minimum Gasteiger partial charge on any atom is -0.374 e. The lowest BCUT2D eigenvalue weighted by atomic mass is 9.97. The predicted octanol–water partition coefficient (Wildman–Crippen LogP) is 6.54. The monoisotopic (exact) mass is 571 g/mol. The van der Waals surface area contributed by atoms with Crippen LogP contribution in [0.15, 0.2) is 126 Å². The van der Waals surface area contributed by atoms with Crippen molar-refractivity contribution in [1.29, 1.82) is 0 Å². The van der Waals surface area contributed by atoms with Gasteiger partial charge >= 0.3 is 0 Å². The van der Waals surface area contributed by atoms with Crippen molar-refractivity contribution in [3.05, 3.63) is 148 Å². The molecule has 41 heavy (non-hydrogen) atoms. The molecule has 1 fully saturated rings. The van der Waals surface area contributed by atoms with E-state index in [9.17, 15) is 10.1 Å². The number of hydrogen-bond acceptors (Lipinski definition) is 7. The molecule has 0 saturated carbocycles. The van der Waals surface area contributed by atoms with E-state index in [1.165, 1.54) is 11.8 Å². The normalized spacial score (nSPS) is 22.3. The van der Waals surface area contributed by atoms with Gasteiger partial charge in [-0.2, -0.15) is 0 Å². The minimum absolute atomic E-state index is 0.190. The minimum atomic E-state index is -1.17. The molecule has 0 bridgehead atoms. The molecule has 1 aliphatic rings. The van der Waals surface area contributed by atoms with Gasteiger partial charge in [0, 0.05) is 9.82 Å². The molecule has 4 aromatic carbocycles. The van der Waals surface area contributed by atoms with E-state index >= 15 is 0 Å². The summed E-state index contributed by atoms with van der Waals surface area (Å²) >= 11 is 1.32. The first-order valence-electron chi connectivity index (χ1n) is 13.6. The molecule has 1 saturated heterocycles. The second kappa shape index (κ2) is 14.9. The summed E-state index contributed by atoms with van der Waals surface area (Å²) in [7, 11) is 0. The predicted molar refractivity (Wildman–Crippen MR) is 158 cm³/mol. The molecule has 1 aliphatic heterocycles. The summed E-state index contributed by atoms with van der Waals surface area (Å²) in [4.78, 5) is 13.2. The zero-order valence-corrected chi connectivity index (χ0v) is 23.4. The number of nitrogens with zero attached hydrogens (tertiary/aromatic N) is 1. The van der Waals surface area contributed by atoms with Gasteiger partial charge in [-0.05, 0) is 28.8 Å². The molecule has 0 N–H and O–H groups in total. The average molecular weight is 572 g/mol. The Balaban J connectivity index is 1.43. The van der Waals surface area contributed by atoms with Crippen molar-refractivity contribution in [3.63, 3.8) is 0 Å². The van der Waals surface area contributed by atoms with Crippen LogP contribution in [0.4, 0.5) is 0 Å². The van der Waals surface area contributed by atoms with E-state index in [4.69, 9.17) is 18.9 Å². The highest BCUT2D eigenvalue weighted by molar-refractivity contribution is 7.99. The number of hydrogen-bond donors (Lipinski definition) is 0. The van der Waals surface area contributed by atoms with Crippen molar-refractivity contribution in [2.24, 2.45) is 0 Å². The highest BCUT2D eigenvalue weighted by atomic mass is 32.2. The van der Waals surface area contributed by atoms with E-state index in [0.717, 1.165) is 21.6 Å². The largest absolute Gasteiger partial charge is 0.374 e. The quantitative estimate of drug-likeness (QED) is 0.133. The Morgan fingerprint density at radius 2 is 1.12 bits per heavy atom. The number of thioether (sulfide) groups is 1. The third kappa shape index (κ3) is 8.25. The average Bonchev–Trinajstić information content (AvgIpc) is 3.01. The van der Waals surface area contributed by atoms with Crippen LogP contribution in [0.3, 0.4) is 0 Å². The molecule has 0 unspecified atom stereocenters. The van der Waals surface area contributed by atoms with Crippen molar-refractivity contribution in [2.75, 3.05) is 6.61 Å². The van der Waals surface area contributed by atoms with E-state index in [-0.39, 0.29) is 24.7 Å². The van der Waals surface area contributed by atoms with Gasteiger partial charge in [0.25, 0.3) is 6.04 Å². The Bertz CT molecular complexity index is 1330. The molecule has 8 heteroatoms. The Kier molecular flexibility index (Phi) is 10.5. The van der Waals surface area contributed by atoms with Gasteiger partial charge in [0.1, 0.15) is 12.2 Å². The second-order valence-corrected chi connectivity index (χ2v) is 10.9. The van der Waals surface area contributed by atoms with Crippen LogP contribution in [0.2, 0.25) is 0 Å². The van der Waals surface area contributed by atoms with Crippen molar-refractivity contribution < 1.29 is 23.9 Å². The fourth-order valence-corrected chi connectivity index (χ4v) is 5.95. The van der Waals surface area contributed by atoms with Crippen LogP contribution in [0.25, 0.3) is 0 Å². The topological polar surface area (TPSA) is 80.1 Å². The zero-order valence-electron chi connectivity index (χ0n) is 22.6. The van der Waals surface area contributed by atoms with Crippen LogP contribution < -0.4 is 0 Å². The Morgan fingerprint density at radius 1 is 0.659 bits per heavy atom. The number of nitro groups is 1. The summed E-state index contributed by atoms with van der Waals surface area (Å²) < 4.78 is 25.4. The molecule has 1 heterocycles. The van der Waals surface area contributed by atoms with E-state index in [2.05, 4.69) is 0 Å². The fraction of sp³-hybridized carbons (Fsp3) is 0.273. The van der Waals surface area contributed by atoms with Crippen LogP contribution in [0.5, 0.6) is 0 Å². The molecule has 5 atom stereocenters. The highest BCUT2D eigenvalue weighted by Crippen LogP contribution is 2.37. The van der Waals surface area contributed by atoms with E-state index in [1.807, 2.05) is 121 Å². The van der Waals surface area contributed by atoms with Crippen LogP contribution in [-0.4, -0.2) is 41.3 Å². The summed E-state index contributed by atoms with van der Waals surface area (Å²) in [5.74, 6) is 0. The molecule has 0 spiro atoms. The Hall–Kier alpha value is -3.53. The van der Waals surface area contributed by atoms with E-state index in [1.54, 1.807) is 0 Å². The van der Waals surface area contributed by atoms with Crippen LogP contribution in [0.1, 0.15) is 16.7 Å². The summed E-state index contributed by atoms with van der Waals surface area (Å²) in [5.41, 5.74) is 2.10. The lowest BCUT2D eigenvalue weighted by molar-refractivity contribution is -0.555. The lowest BCUT2D eigenvalue weighted by Gasteiger charge is -2.42. The molecule has 0 radical (unpaired) electrons. The van der Waals surface area contributed by atoms with Crippen molar-refractivity contribution in [2.45, 2.75) is 54.5 Å². The summed E-state index contributed by atoms with van der Waals surface area (Å²) in [6.45, 7) is 1.05. The second-order valence-electron chi connectivity index (χ2n) is 9.77. The zero-order chi connectivity index (χ0) is 28.3. The smallest absolute Gasteiger partial charge is 0.276 e. The van der Waals surface area contributed by atoms with E-state index in [0.29, 0.717) is 6.61 Å². The summed E-state index contributed by atoms with van der Waals surface area (Å²) in [6.07, 6.45) is -2.22. The third-order valence-electron chi connectivity index (χ3n) is 6.82. The fourth-order valence-electron chi connectivity index (χ4n) is 4.77. The van der Waals surface area contributed by atoms with Crippen LogP contribution >= 0.6 is 11.8 Å². The number of benzene rings is 4. The maximum Gasteiger partial charge on any atom is 0.276 e. The molecule has 0 aromatic heterocycles. The van der Waals surface area contributed by atoms with Crippen molar-refractivity contribution >= 4 is 11.8 Å². The van der Waals surface area contributed by atoms with Crippen molar-refractivity contribution in [3.8, 4) is 0 Å². The Labute approximate surface area is 244 Å². The van der Waals surface area contributed by atoms with Gasteiger partial charge in [-0.15, -0.1) is 0 Å². The highest BCUT2D eigenvalue weighted by Gasteiger charge is 2.54. The van der Waals surface area contributed by atoms with Gasteiger partial charge in [-0.25, -0.2) is 0 Å². The third-order valence-corrected chi connectivity index (χ3v) is 7.98. The summed E-state index contributed by atoms with van der Waals surface area (Å²) in [5, 5.41) is 12.6. The number of rotatable bonds is 13. The first kappa shape index (κ1) is 29.0. The summed E-state index contributed by atoms with van der Waals surface area (Å²) in [6, 6.07) is 37.6. The molecule has 5 rings (SSSR count). The molecular weight excluding hydrogens is 538 g/mol. The molecular formula is C33H33NO6S. The maximum atomic E-state index is 12.6. The van der Waals surface area contributed by atoms with Gasteiger partial charge in [0.15, 0.2) is 11.5 Å². The van der Waals surface area contributed by atoms with Gasteiger partial charge in [-0.3, -0.25) is 10.1 Å². The Morgan fingerprint density at radius 3 is 1.63 bits per heavy atom. The first-order valence-corrected chi connectivity index (χ1v) is 14.5. The molecule has 0 aliphatic carbocycles.